The molecule has 0 fully saturated rings. The number of halogens is 1. The van der Waals surface area contributed by atoms with Crippen molar-refractivity contribution in [3.8, 4) is 0 Å². The van der Waals surface area contributed by atoms with E-state index in [4.69, 9.17) is 5.73 Å². The van der Waals surface area contributed by atoms with Crippen LogP contribution < -0.4 is 10.6 Å². The lowest BCUT2D eigenvalue weighted by Gasteiger charge is -2.23. The molecular formula is C13H17FN4. The molecule has 4 nitrogen and oxygen atoms in total. The van der Waals surface area contributed by atoms with Crippen molar-refractivity contribution < 1.29 is 4.39 Å². The summed E-state index contributed by atoms with van der Waals surface area (Å²) in [4.78, 5) is 2.16. The van der Waals surface area contributed by atoms with E-state index in [0.29, 0.717) is 5.82 Å². The maximum Gasteiger partial charge on any atom is 0.145 e. The number of nitrogens with two attached hydrogens (primary N) is 1. The van der Waals surface area contributed by atoms with Gasteiger partial charge in [0.2, 0.25) is 0 Å². The number of anilines is 2. The highest BCUT2D eigenvalue weighted by Crippen LogP contribution is 2.14. The number of likely N-dealkylation sites (N-methyl/N-ethyl adjacent to an activating group) is 1. The van der Waals surface area contributed by atoms with Gasteiger partial charge in [0, 0.05) is 25.0 Å². The van der Waals surface area contributed by atoms with E-state index in [-0.39, 0.29) is 5.82 Å². The van der Waals surface area contributed by atoms with Gasteiger partial charge in [-0.25, -0.2) is 4.39 Å². The Bertz CT molecular complexity index is 492. The van der Waals surface area contributed by atoms with Gasteiger partial charge in [-0.05, 0) is 37.3 Å². The second-order valence-electron chi connectivity index (χ2n) is 4.06. The fraction of sp³-hybridized carbons (Fsp3) is 0.308. The van der Waals surface area contributed by atoms with Crippen LogP contribution in [0.3, 0.4) is 0 Å². The molecule has 2 N–H and O–H groups in total. The molecule has 1 heterocycles. The van der Waals surface area contributed by atoms with Crippen molar-refractivity contribution in [2.45, 2.75) is 13.5 Å². The van der Waals surface area contributed by atoms with Gasteiger partial charge in [-0.1, -0.05) is 0 Å². The molecule has 1 aromatic carbocycles. The van der Waals surface area contributed by atoms with E-state index in [9.17, 15) is 4.39 Å². The molecule has 0 unspecified atom stereocenters. The van der Waals surface area contributed by atoms with Gasteiger partial charge >= 0.3 is 0 Å². The summed E-state index contributed by atoms with van der Waals surface area (Å²) in [6, 6.07) is 8.30. The predicted octanol–water partition coefficient (Wildman–Crippen LogP) is 2.13. The minimum absolute atomic E-state index is 0.213. The van der Waals surface area contributed by atoms with Gasteiger partial charge in [0.1, 0.15) is 11.6 Å². The third kappa shape index (κ3) is 3.00. The normalized spacial score (nSPS) is 10.6. The number of nitrogen functional groups attached to an aromatic ring is 1. The third-order valence-corrected chi connectivity index (χ3v) is 2.83. The Morgan fingerprint density at radius 2 is 2.00 bits per heavy atom. The lowest BCUT2D eigenvalue weighted by Crippen LogP contribution is -2.27. The van der Waals surface area contributed by atoms with Crippen molar-refractivity contribution in [1.82, 2.24) is 9.78 Å². The SMILES string of the molecule is CCN(CCn1ccc(N)n1)c1ccc(F)cc1. The fourth-order valence-corrected chi connectivity index (χ4v) is 1.85. The molecule has 18 heavy (non-hydrogen) atoms. The van der Waals surface area contributed by atoms with E-state index in [2.05, 4.69) is 16.9 Å². The number of aromatic nitrogens is 2. The lowest BCUT2D eigenvalue weighted by atomic mass is 10.3. The molecule has 0 bridgehead atoms. The molecule has 96 valence electrons. The monoisotopic (exact) mass is 248 g/mol. The van der Waals surface area contributed by atoms with E-state index in [1.165, 1.54) is 12.1 Å². The molecule has 0 aliphatic carbocycles. The Morgan fingerprint density at radius 1 is 1.28 bits per heavy atom. The molecule has 0 saturated heterocycles. The quantitative estimate of drug-likeness (QED) is 0.881. The zero-order valence-corrected chi connectivity index (χ0v) is 10.4. The molecule has 1 aromatic heterocycles. The Morgan fingerprint density at radius 3 is 2.56 bits per heavy atom. The molecule has 0 spiro atoms. The van der Waals surface area contributed by atoms with Crippen LogP contribution in [0.15, 0.2) is 36.5 Å². The van der Waals surface area contributed by atoms with Gasteiger partial charge in [-0.2, -0.15) is 5.10 Å². The third-order valence-electron chi connectivity index (χ3n) is 2.83. The average molecular weight is 248 g/mol. The minimum atomic E-state index is -0.213. The summed E-state index contributed by atoms with van der Waals surface area (Å²) in [6.45, 7) is 4.49. The van der Waals surface area contributed by atoms with Crippen LogP contribution in [-0.2, 0) is 6.54 Å². The first-order valence-electron chi connectivity index (χ1n) is 5.98. The van der Waals surface area contributed by atoms with Crippen molar-refractivity contribution in [2.24, 2.45) is 0 Å². The van der Waals surface area contributed by atoms with Crippen LogP contribution in [0, 0.1) is 5.82 Å². The first kappa shape index (κ1) is 12.4. The lowest BCUT2D eigenvalue weighted by molar-refractivity contribution is 0.601. The smallest absolute Gasteiger partial charge is 0.145 e. The van der Waals surface area contributed by atoms with Gasteiger partial charge in [0.25, 0.3) is 0 Å². The fourth-order valence-electron chi connectivity index (χ4n) is 1.85. The summed E-state index contributed by atoms with van der Waals surface area (Å²) in [5, 5.41) is 4.13. The van der Waals surface area contributed by atoms with Crippen molar-refractivity contribution >= 4 is 11.5 Å². The second kappa shape index (κ2) is 5.53. The molecule has 5 heteroatoms. The van der Waals surface area contributed by atoms with Crippen LogP contribution in [0.4, 0.5) is 15.9 Å². The Balaban J connectivity index is 1.99. The van der Waals surface area contributed by atoms with Crippen molar-refractivity contribution in [2.75, 3.05) is 23.7 Å². The molecule has 0 saturated carbocycles. The van der Waals surface area contributed by atoms with Crippen molar-refractivity contribution in [3.05, 3.63) is 42.3 Å². The number of hydrogen-bond acceptors (Lipinski definition) is 3. The number of nitrogens with zero attached hydrogens (tertiary/aromatic N) is 3. The first-order valence-corrected chi connectivity index (χ1v) is 5.98. The van der Waals surface area contributed by atoms with E-state index in [1.54, 1.807) is 18.2 Å². The zero-order chi connectivity index (χ0) is 13.0. The van der Waals surface area contributed by atoms with Crippen molar-refractivity contribution in [1.29, 1.82) is 0 Å². The summed E-state index contributed by atoms with van der Waals surface area (Å²) in [5.41, 5.74) is 6.57. The number of benzene rings is 1. The second-order valence-corrected chi connectivity index (χ2v) is 4.06. The highest BCUT2D eigenvalue weighted by molar-refractivity contribution is 5.45. The summed E-state index contributed by atoms with van der Waals surface area (Å²) in [6.07, 6.45) is 1.85. The predicted molar refractivity (Wildman–Crippen MR) is 70.9 cm³/mol. The number of rotatable bonds is 5. The van der Waals surface area contributed by atoms with E-state index >= 15 is 0 Å². The highest BCUT2D eigenvalue weighted by Gasteiger charge is 2.05. The topological polar surface area (TPSA) is 47.1 Å². The molecule has 0 aliphatic heterocycles. The van der Waals surface area contributed by atoms with Crippen LogP contribution in [0.2, 0.25) is 0 Å². The van der Waals surface area contributed by atoms with Crippen LogP contribution in [0.25, 0.3) is 0 Å². The summed E-state index contributed by atoms with van der Waals surface area (Å²) in [7, 11) is 0. The van der Waals surface area contributed by atoms with Gasteiger partial charge in [-0.3, -0.25) is 4.68 Å². The van der Waals surface area contributed by atoms with Gasteiger partial charge in [0.15, 0.2) is 0 Å². The van der Waals surface area contributed by atoms with Crippen molar-refractivity contribution in [3.63, 3.8) is 0 Å². The van der Waals surface area contributed by atoms with E-state index in [1.807, 2.05) is 10.9 Å². The molecule has 0 amide bonds. The molecule has 0 aliphatic rings. The molecular weight excluding hydrogens is 231 g/mol. The van der Waals surface area contributed by atoms with Gasteiger partial charge in [-0.15, -0.1) is 0 Å². The largest absolute Gasteiger partial charge is 0.382 e. The summed E-state index contributed by atoms with van der Waals surface area (Å²) in [5.74, 6) is 0.314. The Labute approximate surface area is 106 Å². The molecule has 2 aromatic rings. The molecule has 2 rings (SSSR count). The standard InChI is InChI=1S/C13H17FN4/c1-2-17(12-5-3-11(14)4-6-12)9-10-18-8-7-13(15)16-18/h3-8H,2,9-10H2,1H3,(H2,15,16). The van der Waals surface area contributed by atoms with Gasteiger partial charge < -0.3 is 10.6 Å². The maximum absolute atomic E-state index is 12.9. The summed E-state index contributed by atoms with van der Waals surface area (Å²) >= 11 is 0. The average Bonchev–Trinajstić information content (AvgIpc) is 2.78. The van der Waals surface area contributed by atoms with Crippen LogP contribution >= 0.6 is 0 Å². The number of hydrogen-bond donors (Lipinski definition) is 1. The van der Waals surface area contributed by atoms with Crippen LogP contribution in [-0.4, -0.2) is 22.9 Å². The van der Waals surface area contributed by atoms with E-state index < -0.39 is 0 Å². The highest BCUT2D eigenvalue weighted by atomic mass is 19.1. The molecule has 0 radical (unpaired) electrons. The van der Waals surface area contributed by atoms with Crippen LogP contribution in [0.1, 0.15) is 6.92 Å². The zero-order valence-electron chi connectivity index (χ0n) is 10.4. The molecule has 0 atom stereocenters. The Kier molecular flexibility index (Phi) is 3.82. The summed E-state index contributed by atoms with van der Waals surface area (Å²) < 4.78 is 14.7. The maximum atomic E-state index is 12.9. The van der Waals surface area contributed by atoms with E-state index in [0.717, 1.165) is 25.3 Å². The van der Waals surface area contributed by atoms with Gasteiger partial charge in [0.05, 0.1) is 6.54 Å². The minimum Gasteiger partial charge on any atom is -0.382 e. The first-order chi connectivity index (χ1) is 8.69. The van der Waals surface area contributed by atoms with Crippen LogP contribution in [0.5, 0.6) is 0 Å². The Hall–Kier alpha value is -2.04.